The fourth-order valence-corrected chi connectivity index (χ4v) is 2.95. The highest BCUT2D eigenvalue weighted by atomic mass is 32.2. The van der Waals surface area contributed by atoms with Gasteiger partial charge in [0.15, 0.2) is 17.3 Å². The van der Waals surface area contributed by atoms with Crippen molar-refractivity contribution in [1.29, 1.82) is 0 Å². The third-order valence-electron chi connectivity index (χ3n) is 3.36. The number of rotatable bonds is 4. The maximum absolute atomic E-state index is 12.6. The van der Waals surface area contributed by atoms with Gasteiger partial charge in [0, 0.05) is 5.57 Å². The van der Waals surface area contributed by atoms with Crippen molar-refractivity contribution in [3.63, 3.8) is 0 Å². The minimum Gasteiger partial charge on any atom is -0.289 e. The number of hydrogen-bond acceptors (Lipinski definition) is 4. The summed E-state index contributed by atoms with van der Waals surface area (Å²) in [5, 5.41) is 0. The summed E-state index contributed by atoms with van der Waals surface area (Å²) < 4.78 is 0. The van der Waals surface area contributed by atoms with Gasteiger partial charge < -0.3 is 0 Å². The van der Waals surface area contributed by atoms with E-state index in [9.17, 15) is 14.4 Å². The van der Waals surface area contributed by atoms with Gasteiger partial charge in [0.1, 0.15) is 0 Å². The summed E-state index contributed by atoms with van der Waals surface area (Å²) >= 11 is 1.14. The molecule has 0 saturated heterocycles. The van der Waals surface area contributed by atoms with Crippen molar-refractivity contribution >= 4 is 35.2 Å². The number of ketones is 3. The van der Waals surface area contributed by atoms with Crippen molar-refractivity contribution in [2.45, 2.75) is 13.8 Å². The predicted octanol–water partition coefficient (Wildman–Crippen LogP) is 3.37. The van der Waals surface area contributed by atoms with Crippen LogP contribution >= 0.6 is 11.8 Å². The van der Waals surface area contributed by atoms with E-state index < -0.39 is 11.6 Å². The van der Waals surface area contributed by atoms with E-state index in [1.165, 1.54) is 6.08 Å². The largest absolute Gasteiger partial charge is 0.289 e. The molecule has 0 bridgehead atoms. The van der Waals surface area contributed by atoms with Gasteiger partial charge in [0.05, 0.1) is 10.5 Å². The molecular weight excluding hydrogens is 296 g/mol. The van der Waals surface area contributed by atoms with Crippen molar-refractivity contribution in [2.75, 3.05) is 6.26 Å². The van der Waals surface area contributed by atoms with Gasteiger partial charge in [-0.2, -0.15) is 0 Å². The van der Waals surface area contributed by atoms with Gasteiger partial charge in [0.25, 0.3) is 0 Å². The number of carbonyl (C=O) groups excluding carboxylic acids is 3. The molecule has 0 spiro atoms. The second-order valence-corrected chi connectivity index (χ2v) is 5.81. The fraction of sp³-hybridized carbons (Fsp3) is 0.167. The van der Waals surface area contributed by atoms with E-state index in [1.807, 2.05) is 30.3 Å². The van der Waals surface area contributed by atoms with Gasteiger partial charge in [-0.25, -0.2) is 0 Å². The molecule has 1 aromatic carbocycles. The maximum atomic E-state index is 12.6. The molecule has 0 radical (unpaired) electrons. The van der Waals surface area contributed by atoms with Crippen LogP contribution in [0.2, 0.25) is 0 Å². The first-order chi connectivity index (χ1) is 10.5. The average Bonchev–Trinajstić information content (AvgIpc) is 2.50. The molecule has 22 heavy (non-hydrogen) atoms. The third-order valence-corrected chi connectivity index (χ3v) is 4.16. The summed E-state index contributed by atoms with van der Waals surface area (Å²) in [7, 11) is 0. The van der Waals surface area contributed by atoms with Crippen LogP contribution in [0.25, 0.3) is 6.08 Å². The van der Waals surface area contributed by atoms with Crippen LogP contribution in [-0.2, 0) is 14.4 Å². The van der Waals surface area contributed by atoms with Crippen molar-refractivity contribution in [1.82, 2.24) is 0 Å². The van der Waals surface area contributed by atoms with Crippen LogP contribution in [-0.4, -0.2) is 23.6 Å². The Morgan fingerprint density at radius 3 is 2.36 bits per heavy atom. The van der Waals surface area contributed by atoms with Crippen molar-refractivity contribution in [3.8, 4) is 0 Å². The van der Waals surface area contributed by atoms with Gasteiger partial charge in [-0.15, -0.1) is 11.8 Å². The lowest BCUT2D eigenvalue weighted by Crippen LogP contribution is -2.22. The SMILES string of the molecule is CSC1=C(C(=O)/C(C)=C/c2ccccc2)C(=O)C=C(C)C1=O. The number of carbonyl (C=O) groups is 3. The van der Waals surface area contributed by atoms with E-state index >= 15 is 0 Å². The molecule has 0 aliphatic heterocycles. The van der Waals surface area contributed by atoms with Crippen molar-refractivity contribution in [3.05, 3.63) is 63.6 Å². The Labute approximate surface area is 133 Å². The van der Waals surface area contributed by atoms with E-state index in [1.54, 1.807) is 26.2 Å². The number of benzene rings is 1. The smallest absolute Gasteiger partial charge is 0.196 e. The third kappa shape index (κ3) is 3.17. The van der Waals surface area contributed by atoms with E-state index in [0.717, 1.165) is 17.3 Å². The van der Waals surface area contributed by atoms with Crippen LogP contribution in [0.1, 0.15) is 19.4 Å². The van der Waals surface area contributed by atoms with E-state index in [2.05, 4.69) is 0 Å². The molecule has 0 unspecified atom stereocenters. The molecule has 2 rings (SSSR count). The van der Waals surface area contributed by atoms with Gasteiger partial charge in [-0.1, -0.05) is 30.3 Å². The molecule has 0 heterocycles. The normalized spacial score (nSPS) is 16.0. The molecule has 1 aromatic rings. The molecule has 0 N–H and O–H groups in total. The number of allylic oxidation sites excluding steroid dienone is 5. The highest BCUT2D eigenvalue weighted by molar-refractivity contribution is 8.03. The zero-order valence-corrected chi connectivity index (χ0v) is 13.5. The van der Waals surface area contributed by atoms with Gasteiger partial charge in [-0.3, -0.25) is 14.4 Å². The van der Waals surface area contributed by atoms with Crippen LogP contribution in [0.4, 0.5) is 0 Å². The Balaban J connectivity index is 2.43. The van der Waals surface area contributed by atoms with Gasteiger partial charge >= 0.3 is 0 Å². The zero-order valence-electron chi connectivity index (χ0n) is 12.7. The van der Waals surface area contributed by atoms with Crippen LogP contribution in [0, 0.1) is 0 Å². The van der Waals surface area contributed by atoms with E-state index in [-0.39, 0.29) is 16.3 Å². The van der Waals surface area contributed by atoms with Crippen LogP contribution < -0.4 is 0 Å². The first-order valence-corrected chi connectivity index (χ1v) is 8.01. The molecule has 3 nitrogen and oxygen atoms in total. The Kier molecular flexibility index (Phi) is 4.93. The Morgan fingerprint density at radius 2 is 1.77 bits per heavy atom. The highest BCUT2D eigenvalue weighted by Gasteiger charge is 2.30. The predicted molar refractivity (Wildman–Crippen MR) is 89.4 cm³/mol. The minimum absolute atomic E-state index is 0.0206. The molecule has 0 fully saturated rings. The Hall–Kier alpha value is -2.20. The van der Waals surface area contributed by atoms with E-state index in [4.69, 9.17) is 0 Å². The molecular formula is C18H16O3S. The highest BCUT2D eigenvalue weighted by Crippen LogP contribution is 2.29. The standard InChI is InChI=1S/C18H16O3S/c1-11(9-13-7-5-4-6-8-13)16(20)15-14(19)10-12(2)17(21)18(15)22-3/h4-10H,1-3H3/b11-9+. The molecule has 112 valence electrons. The van der Waals surface area contributed by atoms with E-state index in [0.29, 0.717) is 11.1 Å². The molecule has 1 aliphatic rings. The topological polar surface area (TPSA) is 51.2 Å². The Bertz CT molecular complexity index is 737. The lowest BCUT2D eigenvalue weighted by atomic mass is 9.91. The first kappa shape index (κ1) is 16.2. The molecule has 0 saturated carbocycles. The van der Waals surface area contributed by atoms with Crippen LogP contribution in [0.15, 0.2) is 58.0 Å². The van der Waals surface area contributed by atoms with Gasteiger partial charge in [0.2, 0.25) is 0 Å². The summed E-state index contributed by atoms with van der Waals surface area (Å²) in [6, 6.07) is 9.38. The lowest BCUT2D eigenvalue weighted by molar-refractivity contribution is -0.119. The van der Waals surface area contributed by atoms with Gasteiger partial charge in [-0.05, 0) is 43.4 Å². The first-order valence-electron chi connectivity index (χ1n) is 6.79. The maximum Gasteiger partial charge on any atom is 0.196 e. The summed E-state index contributed by atoms with van der Waals surface area (Å²) in [5.74, 6) is -1.04. The molecule has 4 heteroatoms. The minimum atomic E-state index is -0.396. The summed E-state index contributed by atoms with van der Waals surface area (Å²) in [5.41, 5.74) is 1.66. The molecule has 0 amide bonds. The lowest BCUT2D eigenvalue weighted by Gasteiger charge is -2.15. The van der Waals surface area contributed by atoms with Crippen LogP contribution in [0.3, 0.4) is 0 Å². The summed E-state index contributed by atoms with van der Waals surface area (Å²) in [6.07, 6.45) is 4.66. The second kappa shape index (κ2) is 6.71. The van der Waals surface area contributed by atoms with Crippen molar-refractivity contribution < 1.29 is 14.4 Å². The molecule has 0 atom stereocenters. The van der Waals surface area contributed by atoms with Crippen LogP contribution in [0.5, 0.6) is 0 Å². The summed E-state index contributed by atoms with van der Waals surface area (Å²) in [6.45, 7) is 3.24. The van der Waals surface area contributed by atoms with Crippen molar-refractivity contribution in [2.24, 2.45) is 0 Å². The number of thioether (sulfide) groups is 1. The summed E-state index contributed by atoms with van der Waals surface area (Å²) in [4.78, 5) is 37.1. The fourth-order valence-electron chi connectivity index (χ4n) is 2.21. The quantitative estimate of drug-likeness (QED) is 0.486. The second-order valence-electron chi connectivity index (χ2n) is 5.00. The molecule has 0 aromatic heterocycles. The molecule has 1 aliphatic carbocycles. The number of Topliss-reactive ketones (excluding diaryl/α,β-unsaturated/α-hetero) is 2. The zero-order chi connectivity index (χ0) is 16.3. The average molecular weight is 312 g/mol. The Morgan fingerprint density at radius 1 is 1.14 bits per heavy atom. The monoisotopic (exact) mass is 312 g/mol. The number of hydrogen-bond donors (Lipinski definition) is 0.